The van der Waals surface area contributed by atoms with Crippen molar-refractivity contribution in [3.8, 4) is 17.0 Å². The van der Waals surface area contributed by atoms with Crippen LogP contribution in [0, 0.1) is 6.92 Å². The first-order chi connectivity index (χ1) is 7.20. The second-order valence-corrected chi connectivity index (χ2v) is 3.34. The minimum Gasteiger partial charge on any atom is -0.495 e. The van der Waals surface area contributed by atoms with E-state index in [4.69, 9.17) is 10.5 Å². The van der Waals surface area contributed by atoms with E-state index >= 15 is 0 Å². The lowest BCUT2D eigenvalue weighted by Crippen LogP contribution is -1.92. The molecule has 0 aliphatic rings. The molecule has 15 heavy (non-hydrogen) atoms. The average molecular weight is 203 g/mol. The van der Waals surface area contributed by atoms with Gasteiger partial charge in [-0.3, -0.25) is 0 Å². The predicted octanol–water partition coefficient (Wildman–Crippen LogP) is 1.98. The maximum absolute atomic E-state index is 5.73. The molecular weight excluding hydrogens is 190 g/mol. The lowest BCUT2D eigenvalue weighted by Gasteiger charge is -2.05. The molecule has 0 bridgehead atoms. The van der Waals surface area contributed by atoms with Crippen LogP contribution in [-0.2, 0) is 0 Å². The van der Waals surface area contributed by atoms with E-state index in [2.05, 4.69) is 9.97 Å². The molecule has 2 rings (SSSR count). The Kier molecular flexibility index (Phi) is 2.33. The van der Waals surface area contributed by atoms with Gasteiger partial charge in [0.1, 0.15) is 11.6 Å². The summed E-state index contributed by atoms with van der Waals surface area (Å²) in [5.41, 5.74) is 8.35. The van der Waals surface area contributed by atoms with E-state index in [1.54, 1.807) is 13.3 Å². The highest BCUT2D eigenvalue weighted by atomic mass is 16.5. The number of methoxy groups -OCH3 is 1. The van der Waals surface area contributed by atoms with E-state index in [9.17, 15) is 0 Å². The fourth-order valence-corrected chi connectivity index (χ4v) is 1.45. The molecule has 1 heterocycles. The molecule has 0 atom stereocenters. The second-order valence-electron chi connectivity index (χ2n) is 3.34. The highest BCUT2D eigenvalue weighted by molar-refractivity contribution is 5.67. The zero-order chi connectivity index (χ0) is 10.8. The van der Waals surface area contributed by atoms with Crippen LogP contribution in [0.4, 0.5) is 5.69 Å². The van der Waals surface area contributed by atoms with Gasteiger partial charge < -0.3 is 15.5 Å². The molecule has 0 aliphatic carbocycles. The molecule has 0 saturated heterocycles. The van der Waals surface area contributed by atoms with Crippen LogP contribution in [0.1, 0.15) is 5.82 Å². The SMILES string of the molecule is COc1cc(-c2cnc(C)[nH]2)ccc1N. The molecular formula is C11H13N3O. The molecule has 0 spiro atoms. The number of nitrogens with zero attached hydrogens (tertiary/aromatic N) is 1. The van der Waals surface area contributed by atoms with E-state index in [-0.39, 0.29) is 0 Å². The number of aromatic nitrogens is 2. The van der Waals surface area contributed by atoms with E-state index in [0.29, 0.717) is 11.4 Å². The molecule has 1 aromatic heterocycles. The van der Waals surface area contributed by atoms with Crippen LogP contribution in [-0.4, -0.2) is 17.1 Å². The number of rotatable bonds is 2. The molecule has 3 N–H and O–H groups in total. The molecule has 0 fully saturated rings. The van der Waals surface area contributed by atoms with Crippen LogP contribution in [0.25, 0.3) is 11.3 Å². The highest BCUT2D eigenvalue weighted by Gasteiger charge is 2.04. The molecule has 78 valence electrons. The zero-order valence-electron chi connectivity index (χ0n) is 8.74. The summed E-state index contributed by atoms with van der Waals surface area (Å²) in [6.45, 7) is 1.91. The summed E-state index contributed by atoms with van der Waals surface area (Å²) >= 11 is 0. The normalized spacial score (nSPS) is 10.3. The van der Waals surface area contributed by atoms with Crippen molar-refractivity contribution in [1.29, 1.82) is 0 Å². The van der Waals surface area contributed by atoms with Crippen LogP contribution in [0.15, 0.2) is 24.4 Å². The third-order valence-electron chi connectivity index (χ3n) is 2.25. The number of hydrogen-bond donors (Lipinski definition) is 2. The van der Waals surface area contributed by atoms with Crippen LogP contribution < -0.4 is 10.5 Å². The Hall–Kier alpha value is -1.97. The first-order valence-corrected chi connectivity index (χ1v) is 4.66. The number of hydrogen-bond acceptors (Lipinski definition) is 3. The standard InChI is InChI=1S/C11H13N3O/c1-7-13-6-10(14-7)8-3-4-9(12)11(5-8)15-2/h3-6H,12H2,1-2H3,(H,13,14). The van der Waals surface area contributed by atoms with E-state index < -0.39 is 0 Å². The minimum atomic E-state index is 0.637. The summed E-state index contributed by atoms with van der Waals surface area (Å²) in [4.78, 5) is 7.30. The Morgan fingerprint density at radius 3 is 2.80 bits per heavy atom. The van der Waals surface area contributed by atoms with Crippen molar-refractivity contribution < 1.29 is 4.74 Å². The van der Waals surface area contributed by atoms with Crippen molar-refractivity contribution in [2.24, 2.45) is 0 Å². The molecule has 4 heteroatoms. The van der Waals surface area contributed by atoms with Gasteiger partial charge in [0, 0.05) is 5.56 Å². The number of imidazole rings is 1. The van der Waals surface area contributed by atoms with Crippen LogP contribution >= 0.6 is 0 Å². The lowest BCUT2D eigenvalue weighted by molar-refractivity contribution is 0.417. The maximum atomic E-state index is 5.73. The molecule has 0 saturated carbocycles. The Balaban J connectivity index is 2.45. The summed E-state index contributed by atoms with van der Waals surface area (Å²) in [5, 5.41) is 0. The molecule has 4 nitrogen and oxygen atoms in total. The predicted molar refractivity (Wildman–Crippen MR) is 59.7 cm³/mol. The zero-order valence-corrected chi connectivity index (χ0v) is 8.74. The number of anilines is 1. The van der Waals surface area contributed by atoms with Crippen LogP contribution in [0.2, 0.25) is 0 Å². The van der Waals surface area contributed by atoms with Gasteiger partial charge in [-0.2, -0.15) is 0 Å². The van der Waals surface area contributed by atoms with Gasteiger partial charge >= 0.3 is 0 Å². The van der Waals surface area contributed by atoms with Crippen molar-refractivity contribution in [2.45, 2.75) is 6.92 Å². The third kappa shape index (κ3) is 1.79. The number of nitrogens with one attached hydrogen (secondary N) is 1. The number of nitrogens with two attached hydrogens (primary N) is 1. The number of benzene rings is 1. The summed E-state index contributed by atoms with van der Waals surface area (Å²) in [7, 11) is 1.60. The highest BCUT2D eigenvalue weighted by Crippen LogP contribution is 2.27. The van der Waals surface area contributed by atoms with Gasteiger partial charge in [0.05, 0.1) is 24.7 Å². The summed E-state index contributed by atoms with van der Waals surface area (Å²) < 4.78 is 5.15. The number of aryl methyl sites for hydroxylation is 1. The molecule has 0 aliphatic heterocycles. The number of H-pyrrole nitrogens is 1. The molecule has 1 aromatic carbocycles. The van der Waals surface area contributed by atoms with Gasteiger partial charge in [0.2, 0.25) is 0 Å². The van der Waals surface area contributed by atoms with Gasteiger partial charge in [-0.1, -0.05) is 6.07 Å². The van der Waals surface area contributed by atoms with Crippen molar-refractivity contribution in [3.63, 3.8) is 0 Å². The maximum Gasteiger partial charge on any atom is 0.142 e. The Bertz CT molecular complexity index is 476. The largest absolute Gasteiger partial charge is 0.495 e. The van der Waals surface area contributed by atoms with Crippen molar-refractivity contribution in [2.75, 3.05) is 12.8 Å². The molecule has 0 amide bonds. The van der Waals surface area contributed by atoms with E-state index in [1.165, 1.54) is 0 Å². The monoisotopic (exact) mass is 203 g/mol. The van der Waals surface area contributed by atoms with Gasteiger partial charge in [-0.25, -0.2) is 4.98 Å². The van der Waals surface area contributed by atoms with Crippen LogP contribution in [0.5, 0.6) is 5.75 Å². The first-order valence-electron chi connectivity index (χ1n) is 4.66. The van der Waals surface area contributed by atoms with E-state index in [1.807, 2.05) is 25.1 Å². The van der Waals surface area contributed by atoms with Crippen molar-refractivity contribution in [1.82, 2.24) is 9.97 Å². The topological polar surface area (TPSA) is 63.9 Å². The smallest absolute Gasteiger partial charge is 0.142 e. The van der Waals surface area contributed by atoms with Gasteiger partial charge in [0.15, 0.2) is 0 Å². The number of ether oxygens (including phenoxy) is 1. The summed E-state index contributed by atoms with van der Waals surface area (Å²) in [6, 6.07) is 5.65. The van der Waals surface area contributed by atoms with E-state index in [0.717, 1.165) is 17.1 Å². The number of nitrogen functional groups attached to an aromatic ring is 1. The fraction of sp³-hybridized carbons (Fsp3) is 0.182. The number of aromatic amines is 1. The van der Waals surface area contributed by atoms with Gasteiger partial charge in [-0.05, 0) is 19.1 Å². The summed E-state index contributed by atoms with van der Waals surface area (Å²) in [6.07, 6.45) is 1.79. The van der Waals surface area contributed by atoms with Gasteiger partial charge in [-0.15, -0.1) is 0 Å². The third-order valence-corrected chi connectivity index (χ3v) is 2.25. The average Bonchev–Trinajstić information content (AvgIpc) is 2.66. The first kappa shape index (κ1) is 9.58. The lowest BCUT2D eigenvalue weighted by atomic mass is 10.1. The second kappa shape index (κ2) is 3.65. The molecule has 0 unspecified atom stereocenters. The summed E-state index contributed by atoms with van der Waals surface area (Å²) in [5.74, 6) is 1.57. The quantitative estimate of drug-likeness (QED) is 0.733. The minimum absolute atomic E-state index is 0.637. The molecule has 0 radical (unpaired) electrons. The Morgan fingerprint density at radius 1 is 1.40 bits per heavy atom. The van der Waals surface area contributed by atoms with Crippen molar-refractivity contribution in [3.05, 3.63) is 30.2 Å². The fourth-order valence-electron chi connectivity index (χ4n) is 1.45. The molecule has 2 aromatic rings. The Labute approximate surface area is 88.1 Å². The van der Waals surface area contributed by atoms with Crippen LogP contribution in [0.3, 0.4) is 0 Å². The Morgan fingerprint density at radius 2 is 2.20 bits per heavy atom. The van der Waals surface area contributed by atoms with Gasteiger partial charge in [0.25, 0.3) is 0 Å². The van der Waals surface area contributed by atoms with Crippen molar-refractivity contribution >= 4 is 5.69 Å².